The summed E-state index contributed by atoms with van der Waals surface area (Å²) >= 11 is 1.94. The minimum Gasteiger partial charge on any atom is -0.490 e. The van der Waals surface area contributed by atoms with Crippen LogP contribution in [0.3, 0.4) is 0 Å². The number of thioether (sulfide) groups is 1. The van der Waals surface area contributed by atoms with Gasteiger partial charge in [-0.2, -0.15) is 0 Å². The van der Waals surface area contributed by atoms with E-state index in [9.17, 15) is 37.5 Å². The lowest BCUT2D eigenvalue weighted by Gasteiger charge is -2.30. The molecule has 43 heavy (non-hydrogen) atoms. The molecule has 2 aliphatic rings. The summed E-state index contributed by atoms with van der Waals surface area (Å²) in [5.74, 6) is -4.42. The molecule has 0 spiro atoms. The average molecular weight is 649 g/mol. The molecule has 3 atom stereocenters. The number of aromatic amines is 1. The largest absolute Gasteiger partial charge is 0.490 e. The van der Waals surface area contributed by atoms with Crippen LogP contribution in [0.2, 0.25) is 0 Å². The van der Waals surface area contributed by atoms with Gasteiger partial charge in [0.1, 0.15) is 11.8 Å². The number of carbonyl (C=O) groups excluding carboxylic acids is 3. The highest BCUT2D eigenvalue weighted by Crippen LogP contribution is 2.53. The number of likely N-dealkylation sites (tertiary alicyclic amines) is 1. The Morgan fingerprint density at radius 1 is 1.07 bits per heavy atom. The number of aliphatic carboxylic acids is 1. The molecule has 3 aromatic rings. The number of hydrogen-bond donors (Lipinski definition) is 4. The second kappa shape index (κ2) is 11.8. The number of benzene rings is 2. The topological polar surface area (TPSA) is 215 Å². The second-order valence-electron chi connectivity index (χ2n) is 9.45. The summed E-state index contributed by atoms with van der Waals surface area (Å²) in [6.45, 7) is 0.765. The van der Waals surface area contributed by atoms with Crippen molar-refractivity contribution in [3.05, 3.63) is 62.6 Å². The highest BCUT2D eigenvalue weighted by molar-refractivity contribution is 8.00. The molecule has 5 rings (SSSR count). The summed E-state index contributed by atoms with van der Waals surface area (Å²) in [7, 11) is -3.88. The van der Waals surface area contributed by atoms with E-state index in [4.69, 9.17) is 14.6 Å². The predicted molar refractivity (Wildman–Crippen MR) is 154 cm³/mol. The van der Waals surface area contributed by atoms with Crippen LogP contribution in [0.4, 0.5) is 5.69 Å². The Kier molecular flexibility index (Phi) is 8.33. The second-order valence-corrected chi connectivity index (χ2v) is 13.2. The van der Waals surface area contributed by atoms with Gasteiger partial charge in [0.05, 0.1) is 22.4 Å². The zero-order valence-corrected chi connectivity index (χ0v) is 24.7. The van der Waals surface area contributed by atoms with Crippen molar-refractivity contribution in [1.82, 2.24) is 9.88 Å². The molecular weight excluding hydrogens is 625 g/mol. The Balaban J connectivity index is 1.39. The third-order valence-electron chi connectivity index (χ3n) is 6.66. The number of nitrogens with zero attached hydrogens (tertiary/aromatic N) is 1. The quantitative estimate of drug-likeness (QED) is 0.229. The van der Waals surface area contributed by atoms with Gasteiger partial charge in [0, 0.05) is 16.5 Å². The molecule has 5 N–H and O–H groups in total. The Hall–Kier alpha value is -4.19. The number of sulfonamides is 1. The highest BCUT2D eigenvalue weighted by atomic mass is 32.2. The van der Waals surface area contributed by atoms with Gasteiger partial charge >= 0.3 is 10.8 Å². The van der Waals surface area contributed by atoms with Crippen molar-refractivity contribution in [2.24, 2.45) is 11.1 Å². The number of imide groups is 1. The number of carboxylic acids is 1. The molecule has 1 aromatic heterocycles. The van der Waals surface area contributed by atoms with Crippen molar-refractivity contribution in [2.75, 3.05) is 25.1 Å². The zero-order chi connectivity index (χ0) is 31.1. The first-order valence-corrected chi connectivity index (χ1v) is 15.9. The number of nitrogens with two attached hydrogens (primary N) is 1. The normalized spacial score (nSPS) is 19.5. The number of ether oxygens (including phenoxy) is 2. The molecule has 3 heterocycles. The third kappa shape index (κ3) is 6.15. The van der Waals surface area contributed by atoms with Gasteiger partial charge in [0.2, 0.25) is 21.8 Å². The van der Waals surface area contributed by atoms with E-state index in [0.717, 1.165) is 28.0 Å². The number of thiazole rings is 1. The smallest absolute Gasteiger partial charge is 0.323 e. The van der Waals surface area contributed by atoms with Crippen LogP contribution in [0, 0.1) is 5.92 Å². The number of nitrogens with one attached hydrogen (secondary N) is 2. The fourth-order valence-electron chi connectivity index (χ4n) is 4.90. The molecule has 1 fully saturated rings. The Morgan fingerprint density at radius 3 is 2.44 bits per heavy atom. The van der Waals surface area contributed by atoms with Crippen molar-refractivity contribution in [2.45, 2.75) is 28.0 Å². The van der Waals surface area contributed by atoms with Gasteiger partial charge in [-0.1, -0.05) is 29.2 Å². The van der Waals surface area contributed by atoms with Crippen LogP contribution in [-0.2, 0) is 29.2 Å². The fourth-order valence-corrected chi connectivity index (χ4v) is 7.95. The predicted octanol–water partition coefficient (Wildman–Crippen LogP) is 1.18. The standard InChI is InChI=1S/C26H24N4O10S3/c1-2-39-16-9-12(3-8-15(16)40-11-17(31)28-13-4-6-14(7-5-13)43(27,37)38)19-20-22(41-23-21(19)42-26(36)29-23)25(35)30(24(20)34)10-18(32)33/h3-9,19-20,22H,2,10-11H2,1H3,(H,28,31)(H,29,36)(H,32,33)(H2,27,37,38)/t19-,20?,22?/m1/s1. The van der Waals surface area contributed by atoms with Gasteiger partial charge in [0.25, 0.3) is 5.91 Å². The van der Waals surface area contributed by atoms with Crippen LogP contribution >= 0.6 is 23.1 Å². The molecule has 3 amide bonds. The molecule has 0 saturated carbocycles. The van der Waals surface area contributed by atoms with Crippen LogP contribution in [0.25, 0.3) is 0 Å². The number of amides is 3. The maximum absolute atomic E-state index is 13.4. The maximum atomic E-state index is 13.4. The number of carboxylic acid groups (broad SMARTS) is 1. The first-order chi connectivity index (χ1) is 20.4. The summed E-state index contributed by atoms with van der Waals surface area (Å²) in [4.78, 5) is 66.1. The Morgan fingerprint density at radius 2 is 1.79 bits per heavy atom. The van der Waals surface area contributed by atoms with E-state index in [-0.39, 0.29) is 27.9 Å². The Bertz CT molecular complexity index is 1780. The molecular formula is C26H24N4O10S3. The molecule has 0 aliphatic carbocycles. The number of fused-ring (bicyclic) bond motifs is 2. The van der Waals surface area contributed by atoms with Gasteiger partial charge in [-0.3, -0.25) is 28.9 Å². The first kappa shape index (κ1) is 30.3. The van der Waals surface area contributed by atoms with Gasteiger partial charge < -0.3 is 24.9 Å². The molecule has 2 aliphatic heterocycles. The lowest BCUT2D eigenvalue weighted by Crippen LogP contribution is -2.36. The molecule has 14 nitrogen and oxygen atoms in total. The van der Waals surface area contributed by atoms with Crippen LogP contribution in [0.5, 0.6) is 11.5 Å². The van der Waals surface area contributed by atoms with Crippen molar-refractivity contribution in [3.63, 3.8) is 0 Å². The number of anilines is 1. The van der Waals surface area contributed by atoms with Gasteiger partial charge in [-0.05, 0) is 48.9 Å². The van der Waals surface area contributed by atoms with Crippen molar-refractivity contribution >= 4 is 62.5 Å². The molecule has 17 heteroatoms. The van der Waals surface area contributed by atoms with Crippen molar-refractivity contribution in [1.29, 1.82) is 0 Å². The number of aromatic nitrogens is 1. The lowest BCUT2D eigenvalue weighted by atomic mass is 9.83. The van der Waals surface area contributed by atoms with Gasteiger partial charge in [-0.25, -0.2) is 13.6 Å². The number of rotatable bonds is 10. The first-order valence-electron chi connectivity index (χ1n) is 12.7. The molecule has 0 radical (unpaired) electrons. The molecule has 2 aromatic carbocycles. The number of primary sulfonamides is 1. The lowest BCUT2D eigenvalue weighted by molar-refractivity contribution is -0.149. The fraction of sp³-hybridized carbons (Fsp3) is 0.269. The van der Waals surface area contributed by atoms with E-state index in [1.807, 2.05) is 0 Å². The minimum atomic E-state index is -3.88. The zero-order valence-electron chi connectivity index (χ0n) is 22.3. The molecule has 1 saturated heterocycles. The van der Waals surface area contributed by atoms with Gasteiger partial charge in [-0.15, -0.1) is 0 Å². The minimum absolute atomic E-state index is 0.108. The van der Waals surface area contributed by atoms with E-state index in [2.05, 4.69) is 10.3 Å². The maximum Gasteiger partial charge on any atom is 0.323 e. The summed E-state index contributed by atoms with van der Waals surface area (Å²) in [6.07, 6.45) is 0. The Labute approximate surface area is 252 Å². The van der Waals surface area contributed by atoms with Crippen molar-refractivity contribution in [3.8, 4) is 11.5 Å². The molecule has 0 bridgehead atoms. The number of hydrogen-bond acceptors (Lipinski definition) is 11. The van der Waals surface area contributed by atoms with Crippen molar-refractivity contribution < 1.29 is 42.2 Å². The van der Waals surface area contributed by atoms with E-state index in [1.54, 1.807) is 19.1 Å². The molecule has 226 valence electrons. The SMILES string of the molecule is CCOc1cc([C@H]2c3sc(=O)[nH]c3SC3C(=O)N(CC(=O)O)C(=O)C32)ccc1OCC(=O)Nc1ccc(S(N)(=O)=O)cc1. The number of carbonyl (C=O) groups is 4. The van der Waals surface area contributed by atoms with Crippen LogP contribution in [0.15, 0.2) is 57.2 Å². The highest BCUT2D eigenvalue weighted by Gasteiger charge is 2.56. The van der Waals surface area contributed by atoms with Crippen LogP contribution in [-0.4, -0.2) is 72.1 Å². The van der Waals surface area contributed by atoms with E-state index < -0.39 is 64.0 Å². The van der Waals surface area contributed by atoms with Crippen LogP contribution < -0.4 is 24.8 Å². The van der Waals surface area contributed by atoms with E-state index in [0.29, 0.717) is 21.2 Å². The molecule has 2 unspecified atom stereocenters. The van der Waals surface area contributed by atoms with Gasteiger partial charge in [0.15, 0.2) is 18.1 Å². The van der Waals surface area contributed by atoms with E-state index in [1.165, 1.54) is 30.3 Å². The average Bonchev–Trinajstić information content (AvgIpc) is 3.42. The van der Waals surface area contributed by atoms with E-state index >= 15 is 0 Å². The van der Waals surface area contributed by atoms with Crippen LogP contribution in [0.1, 0.15) is 23.3 Å². The number of H-pyrrole nitrogens is 1. The summed E-state index contributed by atoms with van der Waals surface area (Å²) in [5, 5.41) is 16.4. The summed E-state index contributed by atoms with van der Waals surface area (Å²) < 4.78 is 34.3. The third-order valence-corrected chi connectivity index (χ3v) is 9.99. The monoisotopic (exact) mass is 648 g/mol. The summed E-state index contributed by atoms with van der Waals surface area (Å²) in [5.41, 5.74) is 0.848. The summed E-state index contributed by atoms with van der Waals surface area (Å²) in [6, 6.07) is 10.0.